The van der Waals surface area contributed by atoms with Crippen LogP contribution in [0.2, 0.25) is 10.0 Å². The first-order valence-corrected chi connectivity index (χ1v) is 11.8. The number of carbonyl (C=O) groups excluding carboxylic acids is 1. The molecule has 6 nitrogen and oxygen atoms in total. The SMILES string of the molecule is CC(c1ccccc1)N(Cc1nc(C(=O)N2CCN(C)CC2)co1)Cc1ccc(Cl)cc1Cl. The van der Waals surface area contributed by atoms with Gasteiger partial charge >= 0.3 is 0 Å². The standard InChI is InChI=1S/C25H28Cl2N4O2/c1-18(19-6-4-3-5-7-19)31(15-20-8-9-21(26)14-22(20)27)16-24-28-23(17-33-24)25(32)30-12-10-29(2)11-13-30/h3-9,14,17-18H,10-13,15-16H2,1-2H3. The van der Waals surface area contributed by atoms with Crippen molar-refractivity contribution < 1.29 is 9.21 Å². The molecule has 0 radical (unpaired) electrons. The molecule has 1 atom stereocenters. The van der Waals surface area contributed by atoms with E-state index in [9.17, 15) is 4.79 Å². The largest absolute Gasteiger partial charge is 0.447 e. The van der Waals surface area contributed by atoms with E-state index in [0.29, 0.717) is 47.8 Å². The summed E-state index contributed by atoms with van der Waals surface area (Å²) in [5, 5.41) is 1.22. The Morgan fingerprint density at radius 3 is 2.52 bits per heavy atom. The molecule has 174 valence electrons. The van der Waals surface area contributed by atoms with E-state index in [4.69, 9.17) is 27.6 Å². The fourth-order valence-electron chi connectivity index (χ4n) is 3.97. The van der Waals surface area contributed by atoms with Gasteiger partial charge in [0.2, 0.25) is 5.89 Å². The summed E-state index contributed by atoms with van der Waals surface area (Å²) < 4.78 is 5.74. The van der Waals surface area contributed by atoms with Gasteiger partial charge < -0.3 is 14.2 Å². The minimum absolute atomic E-state index is 0.0710. The van der Waals surface area contributed by atoms with Gasteiger partial charge in [-0.1, -0.05) is 59.6 Å². The van der Waals surface area contributed by atoms with Crippen molar-refractivity contribution in [2.45, 2.75) is 26.1 Å². The predicted molar refractivity (Wildman–Crippen MR) is 130 cm³/mol. The Bertz CT molecular complexity index is 1080. The molecule has 1 saturated heterocycles. The fourth-order valence-corrected chi connectivity index (χ4v) is 4.44. The topological polar surface area (TPSA) is 52.8 Å². The van der Waals surface area contributed by atoms with Crippen molar-refractivity contribution in [3.63, 3.8) is 0 Å². The van der Waals surface area contributed by atoms with Crippen LogP contribution in [0.25, 0.3) is 0 Å². The molecule has 1 unspecified atom stereocenters. The number of carbonyl (C=O) groups is 1. The number of hydrogen-bond donors (Lipinski definition) is 0. The number of aromatic nitrogens is 1. The predicted octanol–water partition coefficient (Wildman–Crippen LogP) is 5.13. The van der Waals surface area contributed by atoms with E-state index < -0.39 is 0 Å². The summed E-state index contributed by atoms with van der Waals surface area (Å²) in [5.74, 6) is 0.418. The molecule has 0 bridgehead atoms. The summed E-state index contributed by atoms with van der Waals surface area (Å²) in [4.78, 5) is 23.7. The minimum atomic E-state index is -0.0819. The lowest BCUT2D eigenvalue weighted by Crippen LogP contribution is -2.47. The highest BCUT2D eigenvalue weighted by Gasteiger charge is 2.25. The van der Waals surface area contributed by atoms with Gasteiger partial charge in [0.15, 0.2) is 5.69 Å². The number of amides is 1. The maximum atomic E-state index is 12.9. The monoisotopic (exact) mass is 486 g/mol. The van der Waals surface area contributed by atoms with E-state index in [0.717, 1.165) is 18.7 Å². The third-order valence-electron chi connectivity index (χ3n) is 6.12. The first-order valence-electron chi connectivity index (χ1n) is 11.1. The molecule has 0 N–H and O–H groups in total. The van der Waals surface area contributed by atoms with Crippen LogP contribution in [0, 0.1) is 0 Å². The quantitative estimate of drug-likeness (QED) is 0.463. The molecule has 1 fully saturated rings. The Morgan fingerprint density at radius 1 is 1.09 bits per heavy atom. The van der Waals surface area contributed by atoms with E-state index in [1.165, 1.54) is 11.8 Å². The van der Waals surface area contributed by atoms with Gasteiger partial charge in [0.05, 0.1) is 6.54 Å². The van der Waals surface area contributed by atoms with Crippen molar-refractivity contribution in [2.75, 3.05) is 33.2 Å². The molecule has 4 rings (SSSR count). The van der Waals surface area contributed by atoms with E-state index in [1.54, 1.807) is 6.07 Å². The second-order valence-corrected chi connectivity index (χ2v) is 9.29. The Kier molecular flexibility index (Phi) is 7.71. The zero-order valence-corrected chi connectivity index (χ0v) is 20.4. The van der Waals surface area contributed by atoms with Crippen LogP contribution in [0.5, 0.6) is 0 Å². The van der Waals surface area contributed by atoms with Gasteiger partial charge in [0.1, 0.15) is 6.26 Å². The molecule has 2 heterocycles. The van der Waals surface area contributed by atoms with Gasteiger partial charge in [0, 0.05) is 48.8 Å². The van der Waals surface area contributed by atoms with Crippen LogP contribution in [0.4, 0.5) is 0 Å². The summed E-state index contributed by atoms with van der Waals surface area (Å²) in [6.45, 7) is 6.27. The molecule has 1 aliphatic heterocycles. The molecule has 0 aliphatic carbocycles. The molecule has 1 aliphatic rings. The summed E-state index contributed by atoms with van der Waals surface area (Å²) in [6, 6.07) is 15.8. The number of halogens is 2. The van der Waals surface area contributed by atoms with Crippen molar-refractivity contribution in [1.29, 1.82) is 0 Å². The fraction of sp³-hybridized carbons (Fsp3) is 0.360. The summed E-state index contributed by atoms with van der Waals surface area (Å²) >= 11 is 12.5. The number of hydrogen-bond acceptors (Lipinski definition) is 5. The molecule has 33 heavy (non-hydrogen) atoms. The highest BCUT2D eigenvalue weighted by molar-refractivity contribution is 6.35. The Balaban J connectivity index is 1.53. The minimum Gasteiger partial charge on any atom is -0.447 e. The van der Waals surface area contributed by atoms with Crippen molar-refractivity contribution in [3.05, 3.63) is 87.6 Å². The first kappa shape index (κ1) is 23.8. The van der Waals surface area contributed by atoms with Gasteiger partial charge in [-0.2, -0.15) is 0 Å². The molecular weight excluding hydrogens is 459 g/mol. The van der Waals surface area contributed by atoms with E-state index in [2.05, 4.69) is 40.9 Å². The number of oxazole rings is 1. The van der Waals surface area contributed by atoms with Crippen molar-refractivity contribution in [3.8, 4) is 0 Å². The van der Waals surface area contributed by atoms with Crippen LogP contribution in [-0.4, -0.2) is 58.8 Å². The Labute approximate surface area is 204 Å². The Hall–Kier alpha value is -2.38. The molecule has 0 spiro atoms. The lowest BCUT2D eigenvalue weighted by Gasteiger charge is -2.31. The molecule has 0 saturated carbocycles. The number of benzene rings is 2. The van der Waals surface area contributed by atoms with Crippen LogP contribution in [0.15, 0.2) is 59.2 Å². The molecular formula is C25H28Cl2N4O2. The van der Waals surface area contributed by atoms with E-state index >= 15 is 0 Å². The number of rotatable bonds is 7. The number of nitrogens with zero attached hydrogens (tertiary/aromatic N) is 4. The third-order valence-corrected chi connectivity index (χ3v) is 6.70. The summed E-state index contributed by atoms with van der Waals surface area (Å²) in [5.41, 5.74) is 2.48. The first-order chi connectivity index (χ1) is 15.9. The second kappa shape index (κ2) is 10.7. The molecule has 8 heteroatoms. The van der Waals surface area contributed by atoms with Gasteiger partial charge in [-0.25, -0.2) is 4.98 Å². The smallest absolute Gasteiger partial charge is 0.275 e. The average Bonchev–Trinajstić information content (AvgIpc) is 3.29. The van der Waals surface area contributed by atoms with Gasteiger partial charge in [-0.15, -0.1) is 0 Å². The summed E-state index contributed by atoms with van der Waals surface area (Å²) in [7, 11) is 2.06. The second-order valence-electron chi connectivity index (χ2n) is 8.45. The van der Waals surface area contributed by atoms with Gasteiger partial charge in [-0.05, 0) is 37.2 Å². The van der Waals surface area contributed by atoms with Crippen LogP contribution in [0.3, 0.4) is 0 Å². The number of likely N-dealkylation sites (N-methyl/N-ethyl adjacent to an activating group) is 1. The van der Waals surface area contributed by atoms with Crippen molar-refractivity contribution in [2.24, 2.45) is 0 Å². The molecule has 2 aromatic carbocycles. The lowest BCUT2D eigenvalue weighted by molar-refractivity contribution is 0.0658. The maximum absolute atomic E-state index is 12.9. The zero-order chi connectivity index (χ0) is 23.4. The van der Waals surface area contributed by atoms with Crippen LogP contribution < -0.4 is 0 Å². The zero-order valence-electron chi connectivity index (χ0n) is 18.9. The maximum Gasteiger partial charge on any atom is 0.275 e. The Morgan fingerprint density at radius 2 is 1.82 bits per heavy atom. The average molecular weight is 487 g/mol. The van der Waals surface area contributed by atoms with Gasteiger partial charge in [-0.3, -0.25) is 9.69 Å². The van der Waals surface area contributed by atoms with Crippen molar-refractivity contribution in [1.82, 2.24) is 19.7 Å². The van der Waals surface area contributed by atoms with Crippen molar-refractivity contribution >= 4 is 29.1 Å². The van der Waals surface area contributed by atoms with E-state index in [-0.39, 0.29) is 11.9 Å². The van der Waals surface area contributed by atoms with Crippen LogP contribution in [-0.2, 0) is 13.1 Å². The highest BCUT2D eigenvalue weighted by atomic mass is 35.5. The van der Waals surface area contributed by atoms with Gasteiger partial charge in [0.25, 0.3) is 5.91 Å². The van der Waals surface area contributed by atoms with E-state index in [1.807, 2.05) is 35.2 Å². The van der Waals surface area contributed by atoms with Crippen LogP contribution >= 0.6 is 23.2 Å². The lowest BCUT2D eigenvalue weighted by atomic mass is 10.1. The highest BCUT2D eigenvalue weighted by Crippen LogP contribution is 2.28. The third kappa shape index (κ3) is 5.95. The molecule has 3 aromatic rings. The normalized spacial score (nSPS) is 15.7. The molecule has 1 amide bonds. The summed E-state index contributed by atoms with van der Waals surface area (Å²) in [6.07, 6.45) is 1.47. The van der Waals surface area contributed by atoms with Crippen LogP contribution in [0.1, 0.15) is 40.5 Å². The molecule has 1 aromatic heterocycles. The number of piperazine rings is 1.